The summed E-state index contributed by atoms with van der Waals surface area (Å²) in [5, 5.41) is 2.12. The summed E-state index contributed by atoms with van der Waals surface area (Å²) in [6.45, 7) is 1.35. The monoisotopic (exact) mass is 302 g/mol. The first kappa shape index (κ1) is 13.0. The minimum atomic E-state index is 0.0237. The van der Waals surface area contributed by atoms with Gasteiger partial charge in [-0.05, 0) is 18.2 Å². The van der Waals surface area contributed by atoms with Gasteiger partial charge in [0, 0.05) is 24.7 Å². The molecule has 1 aromatic carbocycles. The third-order valence-corrected chi connectivity index (χ3v) is 4.61. The number of nitrogens with zero attached hydrogens (tertiary/aromatic N) is 2. The van der Waals surface area contributed by atoms with Crippen LogP contribution in [-0.2, 0) is 4.74 Å². The molecule has 5 heteroatoms. The van der Waals surface area contributed by atoms with Gasteiger partial charge in [-0.15, -0.1) is 0 Å². The van der Waals surface area contributed by atoms with E-state index in [1.165, 1.54) is 0 Å². The van der Waals surface area contributed by atoms with Crippen molar-refractivity contribution < 1.29 is 9.53 Å². The van der Waals surface area contributed by atoms with E-state index in [4.69, 9.17) is 16.3 Å². The van der Waals surface area contributed by atoms with E-state index >= 15 is 0 Å². The van der Waals surface area contributed by atoms with E-state index in [1.807, 2.05) is 29.2 Å². The van der Waals surface area contributed by atoms with Crippen LogP contribution in [0.5, 0.6) is 0 Å². The second-order valence-electron chi connectivity index (χ2n) is 5.68. The highest BCUT2D eigenvalue weighted by Crippen LogP contribution is 2.29. The minimum Gasteiger partial charge on any atom is -0.371 e. The summed E-state index contributed by atoms with van der Waals surface area (Å²) < 4.78 is 5.79. The summed E-state index contributed by atoms with van der Waals surface area (Å²) in [6.07, 6.45) is 4.07. The van der Waals surface area contributed by atoms with Crippen LogP contribution in [0.4, 0.5) is 0 Å². The van der Waals surface area contributed by atoms with Crippen molar-refractivity contribution in [2.45, 2.75) is 25.0 Å². The highest BCUT2D eigenvalue weighted by atomic mass is 35.5. The average molecular weight is 303 g/mol. The molecule has 4 nitrogen and oxygen atoms in total. The topological polar surface area (TPSA) is 42.4 Å². The van der Waals surface area contributed by atoms with Gasteiger partial charge in [-0.2, -0.15) is 0 Å². The third-order valence-electron chi connectivity index (χ3n) is 4.31. The second-order valence-corrected chi connectivity index (χ2v) is 6.03. The van der Waals surface area contributed by atoms with Crippen LogP contribution in [0.3, 0.4) is 0 Å². The van der Waals surface area contributed by atoms with Crippen molar-refractivity contribution in [3.05, 3.63) is 41.2 Å². The van der Waals surface area contributed by atoms with E-state index in [2.05, 4.69) is 4.98 Å². The Balaban J connectivity index is 1.73. The first-order chi connectivity index (χ1) is 10.2. The molecule has 21 heavy (non-hydrogen) atoms. The van der Waals surface area contributed by atoms with Crippen molar-refractivity contribution in [3.63, 3.8) is 0 Å². The molecule has 2 unspecified atom stereocenters. The van der Waals surface area contributed by atoms with E-state index in [1.54, 1.807) is 6.20 Å². The zero-order valence-electron chi connectivity index (χ0n) is 11.5. The second kappa shape index (κ2) is 4.97. The SMILES string of the molecule is O=C(c1cnc(Cl)c2ccccc12)N1CC2CCC(C1)O2. The van der Waals surface area contributed by atoms with Gasteiger partial charge < -0.3 is 9.64 Å². The van der Waals surface area contributed by atoms with Crippen LogP contribution in [0.2, 0.25) is 5.15 Å². The van der Waals surface area contributed by atoms with Crippen molar-refractivity contribution in [2.24, 2.45) is 0 Å². The van der Waals surface area contributed by atoms with Gasteiger partial charge in [0.1, 0.15) is 5.15 Å². The van der Waals surface area contributed by atoms with Gasteiger partial charge in [0.05, 0.1) is 17.8 Å². The van der Waals surface area contributed by atoms with Crippen molar-refractivity contribution in [1.29, 1.82) is 0 Å². The molecule has 2 aliphatic heterocycles. The maximum atomic E-state index is 12.8. The molecule has 2 fully saturated rings. The predicted octanol–water partition coefficient (Wildman–Crippen LogP) is 2.89. The lowest BCUT2D eigenvalue weighted by Crippen LogP contribution is -2.45. The summed E-state index contributed by atoms with van der Waals surface area (Å²) in [7, 11) is 0. The summed E-state index contributed by atoms with van der Waals surface area (Å²) >= 11 is 6.12. The van der Waals surface area contributed by atoms with E-state index in [-0.39, 0.29) is 18.1 Å². The lowest BCUT2D eigenvalue weighted by atomic mass is 10.1. The molecule has 1 aromatic heterocycles. The number of rotatable bonds is 1. The molecule has 2 aromatic rings. The Morgan fingerprint density at radius 1 is 1.19 bits per heavy atom. The molecule has 0 N–H and O–H groups in total. The van der Waals surface area contributed by atoms with Gasteiger partial charge in [0.2, 0.25) is 0 Å². The molecular weight excluding hydrogens is 288 g/mol. The maximum absolute atomic E-state index is 12.8. The van der Waals surface area contributed by atoms with Crippen LogP contribution in [0.15, 0.2) is 30.5 Å². The van der Waals surface area contributed by atoms with Crippen molar-refractivity contribution >= 4 is 28.3 Å². The lowest BCUT2D eigenvalue weighted by molar-refractivity contribution is -0.0303. The minimum absolute atomic E-state index is 0.0237. The Hall–Kier alpha value is -1.65. The first-order valence-corrected chi connectivity index (χ1v) is 7.58. The fourth-order valence-electron chi connectivity index (χ4n) is 3.28. The van der Waals surface area contributed by atoms with Crippen LogP contribution in [0.1, 0.15) is 23.2 Å². The van der Waals surface area contributed by atoms with E-state index < -0.39 is 0 Å². The largest absolute Gasteiger partial charge is 0.371 e. The Kier molecular flexibility index (Phi) is 3.08. The Labute approximate surface area is 127 Å². The van der Waals surface area contributed by atoms with Gasteiger partial charge in [0.25, 0.3) is 5.91 Å². The van der Waals surface area contributed by atoms with Gasteiger partial charge in [0.15, 0.2) is 0 Å². The number of amides is 1. The van der Waals surface area contributed by atoms with E-state index in [0.29, 0.717) is 23.8 Å². The number of ether oxygens (including phenoxy) is 1. The van der Waals surface area contributed by atoms with Gasteiger partial charge >= 0.3 is 0 Å². The molecular formula is C16H15ClN2O2. The van der Waals surface area contributed by atoms with Crippen LogP contribution < -0.4 is 0 Å². The summed E-state index contributed by atoms with van der Waals surface area (Å²) in [5.74, 6) is 0.0237. The number of fused-ring (bicyclic) bond motifs is 3. The molecule has 0 aliphatic carbocycles. The number of pyridine rings is 1. The highest BCUT2D eigenvalue weighted by molar-refractivity contribution is 6.34. The number of carbonyl (C=O) groups is 1. The van der Waals surface area contributed by atoms with Gasteiger partial charge in [-0.1, -0.05) is 35.9 Å². The molecule has 0 spiro atoms. The molecule has 3 heterocycles. The van der Waals surface area contributed by atoms with Crippen LogP contribution in [-0.4, -0.2) is 41.1 Å². The molecule has 4 rings (SSSR count). The molecule has 2 bridgehead atoms. The molecule has 108 valence electrons. The normalized spacial score (nSPS) is 24.5. The number of halogens is 1. The van der Waals surface area contributed by atoms with Gasteiger partial charge in [-0.3, -0.25) is 4.79 Å². The summed E-state index contributed by atoms with van der Waals surface area (Å²) in [6, 6.07) is 7.63. The predicted molar refractivity (Wildman–Crippen MR) is 80.6 cm³/mol. The molecule has 0 radical (unpaired) electrons. The molecule has 2 aliphatic rings. The highest BCUT2D eigenvalue weighted by Gasteiger charge is 2.36. The smallest absolute Gasteiger partial charge is 0.256 e. The molecule has 2 atom stereocenters. The number of carbonyl (C=O) groups excluding carboxylic acids is 1. The first-order valence-electron chi connectivity index (χ1n) is 7.20. The standard InChI is InChI=1S/C16H15ClN2O2/c17-15-13-4-2-1-3-12(13)14(7-18-15)16(20)19-8-10-5-6-11(9-19)21-10/h1-4,7,10-11H,5-6,8-9H2. The number of hydrogen-bond donors (Lipinski definition) is 0. The molecule has 2 saturated heterocycles. The van der Waals surface area contributed by atoms with Crippen LogP contribution in [0.25, 0.3) is 10.8 Å². The maximum Gasteiger partial charge on any atom is 0.256 e. The van der Waals surface area contributed by atoms with Crippen molar-refractivity contribution in [3.8, 4) is 0 Å². The zero-order chi connectivity index (χ0) is 14.4. The van der Waals surface area contributed by atoms with E-state index in [9.17, 15) is 4.79 Å². The Morgan fingerprint density at radius 3 is 2.57 bits per heavy atom. The number of likely N-dealkylation sites (tertiary alicyclic amines) is 1. The van der Waals surface area contributed by atoms with Crippen molar-refractivity contribution in [1.82, 2.24) is 9.88 Å². The zero-order valence-corrected chi connectivity index (χ0v) is 12.2. The Morgan fingerprint density at radius 2 is 1.86 bits per heavy atom. The fourth-order valence-corrected chi connectivity index (χ4v) is 3.49. The summed E-state index contributed by atoms with van der Waals surface area (Å²) in [4.78, 5) is 18.9. The van der Waals surface area contributed by atoms with Crippen molar-refractivity contribution in [2.75, 3.05) is 13.1 Å². The quantitative estimate of drug-likeness (QED) is 0.761. The number of morpholine rings is 1. The Bertz CT molecular complexity index is 706. The molecule has 1 amide bonds. The fraction of sp³-hybridized carbons (Fsp3) is 0.375. The number of benzene rings is 1. The van der Waals surface area contributed by atoms with Gasteiger partial charge in [-0.25, -0.2) is 4.98 Å². The average Bonchev–Trinajstić information content (AvgIpc) is 2.85. The lowest BCUT2D eigenvalue weighted by Gasteiger charge is -2.32. The van der Waals surface area contributed by atoms with Crippen LogP contribution in [0, 0.1) is 0 Å². The number of hydrogen-bond acceptors (Lipinski definition) is 3. The number of aromatic nitrogens is 1. The van der Waals surface area contributed by atoms with E-state index in [0.717, 1.165) is 23.6 Å². The third kappa shape index (κ3) is 2.19. The molecule has 0 saturated carbocycles. The summed E-state index contributed by atoms with van der Waals surface area (Å²) in [5.41, 5.74) is 0.622. The van der Waals surface area contributed by atoms with Crippen LogP contribution >= 0.6 is 11.6 Å².